The van der Waals surface area contributed by atoms with Crippen molar-refractivity contribution in [3.05, 3.63) is 69.8 Å². The normalized spacial score (nSPS) is 12.2. The first-order valence-electron chi connectivity index (χ1n) is 9.70. The summed E-state index contributed by atoms with van der Waals surface area (Å²) >= 11 is 7.82. The van der Waals surface area contributed by atoms with E-state index < -0.39 is 0 Å². The number of halogens is 1. The fourth-order valence-electron chi connectivity index (χ4n) is 3.32. The molecule has 3 aromatic rings. The van der Waals surface area contributed by atoms with E-state index >= 15 is 0 Å². The van der Waals surface area contributed by atoms with E-state index in [-0.39, 0.29) is 11.9 Å². The molecular formula is C22H25ClN4OS. The number of aromatic nitrogens is 2. The monoisotopic (exact) mass is 428 g/mol. The Balaban J connectivity index is 1.79. The van der Waals surface area contributed by atoms with Gasteiger partial charge in [-0.3, -0.25) is 14.7 Å². The molecule has 152 valence electrons. The van der Waals surface area contributed by atoms with Crippen LogP contribution in [0.4, 0.5) is 0 Å². The molecular weight excluding hydrogens is 404 g/mol. The van der Waals surface area contributed by atoms with Crippen LogP contribution in [0, 0.1) is 6.92 Å². The summed E-state index contributed by atoms with van der Waals surface area (Å²) in [5, 5.41) is 4.55. The van der Waals surface area contributed by atoms with Crippen molar-refractivity contribution in [3.8, 4) is 10.7 Å². The number of thiazole rings is 1. The predicted molar refractivity (Wildman–Crippen MR) is 120 cm³/mol. The molecule has 0 radical (unpaired) electrons. The Labute approximate surface area is 180 Å². The topological polar surface area (TPSA) is 58.1 Å². The van der Waals surface area contributed by atoms with Gasteiger partial charge in [-0.1, -0.05) is 49.7 Å². The lowest BCUT2D eigenvalue weighted by Crippen LogP contribution is -2.38. The molecule has 0 saturated heterocycles. The number of nitrogens with zero attached hydrogens (tertiary/aromatic N) is 3. The van der Waals surface area contributed by atoms with Gasteiger partial charge in [0.1, 0.15) is 9.88 Å². The summed E-state index contributed by atoms with van der Waals surface area (Å²) in [6.07, 6.45) is 1.73. The summed E-state index contributed by atoms with van der Waals surface area (Å²) in [7, 11) is 0. The number of hydrogen-bond donors (Lipinski definition) is 1. The minimum atomic E-state index is -0.119. The van der Waals surface area contributed by atoms with Gasteiger partial charge in [-0.2, -0.15) is 0 Å². The standard InChI is InChI=1S/C22H25ClN4OS/c1-4-27(5-2)19(16-10-6-7-11-17(16)23)14-25-21(28)20-15(3)26-22(29-20)18-12-8-9-13-24-18/h6-13,19H,4-5,14H2,1-3H3,(H,25,28). The largest absolute Gasteiger partial charge is 0.349 e. The molecule has 0 aliphatic carbocycles. The minimum absolute atomic E-state index is 0.00568. The summed E-state index contributed by atoms with van der Waals surface area (Å²) in [5.74, 6) is -0.119. The van der Waals surface area contributed by atoms with Gasteiger partial charge in [0.25, 0.3) is 5.91 Å². The third-order valence-electron chi connectivity index (χ3n) is 4.86. The zero-order valence-corrected chi connectivity index (χ0v) is 18.4. The van der Waals surface area contributed by atoms with Crippen LogP contribution in [0.5, 0.6) is 0 Å². The molecule has 0 aliphatic rings. The highest BCUT2D eigenvalue weighted by molar-refractivity contribution is 7.17. The van der Waals surface area contributed by atoms with Crippen molar-refractivity contribution < 1.29 is 4.79 Å². The van der Waals surface area contributed by atoms with Gasteiger partial charge in [-0.15, -0.1) is 11.3 Å². The van der Waals surface area contributed by atoms with E-state index in [0.29, 0.717) is 22.1 Å². The summed E-state index contributed by atoms with van der Waals surface area (Å²) in [4.78, 5) is 24.7. The minimum Gasteiger partial charge on any atom is -0.349 e. The molecule has 0 saturated carbocycles. The third kappa shape index (κ3) is 5.01. The molecule has 5 nitrogen and oxygen atoms in total. The Morgan fingerprint density at radius 3 is 2.55 bits per heavy atom. The zero-order valence-electron chi connectivity index (χ0n) is 16.9. The molecule has 1 aromatic carbocycles. The fraction of sp³-hybridized carbons (Fsp3) is 0.318. The van der Waals surface area contributed by atoms with Gasteiger partial charge in [-0.05, 0) is 43.8 Å². The van der Waals surface area contributed by atoms with Crippen LogP contribution >= 0.6 is 22.9 Å². The van der Waals surface area contributed by atoms with Crippen molar-refractivity contribution in [1.29, 1.82) is 0 Å². The van der Waals surface area contributed by atoms with Gasteiger partial charge in [0.05, 0.1) is 17.4 Å². The highest BCUT2D eigenvalue weighted by atomic mass is 35.5. The molecule has 0 aliphatic heterocycles. The van der Waals surface area contributed by atoms with E-state index in [9.17, 15) is 4.79 Å². The van der Waals surface area contributed by atoms with Crippen molar-refractivity contribution in [1.82, 2.24) is 20.2 Å². The van der Waals surface area contributed by atoms with Crippen LogP contribution in [0.3, 0.4) is 0 Å². The molecule has 1 unspecified atom stereocenters. The lowest BCUT2D eigenvalue weighted by atomic mass is 10.0. The third-order valence-corrected chi connectivity index (χ3v) is 6.38. The maximum absolute atomic E-state index is 12.9. The number of aryl methyl sites for hydroxylation is 1. The Hall–Kier alpha value is -2.28. The van der Waals surface area contributed by atoms with Gasteiger partial charge >= 0.3 is 0 Å². The molecule has 3 rings (SSSR count). The van der Waals surface area contributed by atoms with Crippen LogP contribution in [0.15, 0.2) is 48.7 Å². The van der Waals surface area contributed by atoms with Gasteiger partial charge in [0.15, 0.2) is 0 Å². The van der Waals surface area contributed by atoms with Crippen molar-refractivity contribution in [2.24, 2.45) is 0 Å². The number of hydrogen-bond acceptors (Lipinski definition) is 5. The van der Waals surface area contributed by atoms with Crippen LogP contribution in [0.2, 0.25) is 5.02 Å². The molecule has 1 N–H and O–H groups in total. The summed E-state index contributed by atoms with van der Waals surface area (Å²) in [6.45, 7) is 8.29. The predicted octanol–water partition coefficient (Wildman–Crippen LogP) is 4.98. The summed E-state index contributed by atoms with van der Waals surface area (Å²) in [6, 6.07) is 13.5. The number of benzene rings is 1. The molecule has 29 heavy (non-hydrogen) atoms. The second-order valence-corrected chi connectivity index (χ2v) is 8.02. The van der Waals surface area contributed by atoms with E-state index in [2.05, 4.69) is 34.0 Å². The van der Waals surface area contributed by atoms with E-state index in [0.717, 1.165) is 29.4 Å². The number of nitrogens with one attached hydrogen (secondary N) is 1. The maximum atomic E-state index is 12.9. The number of carbonyl (C=O) groups is 1. The maximum Gasteiger partial charge on any atom is 0.263 e. The first-order valence-corrected chi connectivity index (χ1v) is 10.9. The highest BCUT2D eigenvalue weighted by Gasteiger charge is 2.23. The molecule has 2 aromatic heterocycles. The van der Waals surface area contributed by atoms with Crippen LogP contribution in [0.25, 0.3) is 10.7 Å². The fourth-order valence-corrected chi connectivity index (χ4v) is 4.54. The van der Waals surface area contributed by atoms with Crippen molar-refractivity contribution in [3.63, 3.8) is 0 Å². The van der Waals surface area contributed by atoms with Crippen molar-refractivity contribution >= 4 is 28.8 Å². The Morgan fingerprint density at radius 2 is 1.90 bits per heavy atom. The van der Waals surface area contributed by atoms with Crippen molar-refractivity contribution in [2.75, 3.05) is 19.6 Å². The number of amides is 1. The molecule has 7 heteroatoms. The first-order chi connectivity index (χ1) is 14.0. The number of carbonyl (C=O) groups excluding carboxylic acids is 1. The van der Waals surface area contributed by atoms with E-state index in [1.54, 1.807) is 6.20 Å². The summed E-state index contributed by atoms with van der Waals surface area (Å²) in [5.41, 5.74) is 2.51. The number of rotatable bonds is 8. The quantitative estimate of drug-likeness (QED) is 0.549. The van der Waals surface area contributed by atoms with Crippen LogP contribution in [0.1, 0.15) is 40.8 Å². The second kappa shape index (κ2) is 9.96. The number of pyridine rings is 1. The Kier molecular flexibility index (Phi) is 7.36. The number of likely N-dealkylation sites (N-methyl/N-ethyl adjacent to an activating group) is 1. The molecule has 0 spiro atoms. The second-order valence-electron chi connectivity index (χ2n) is 6.62. The molecule has 2 heterocycles. The Bertz CT molecular complexity index is 956. The van der Waals surface area contributed by atoms with Crippen LogP contribution in [-0.4, -0.2) is 40.4 Å². The molecule has 0 bridgehead atoms. The van der Waals surface area contributed by atoms with E-state index in [1.165, 1.54) is 11.3 Å². The van der Waals surface area contributed by atoms with Crippen LogP contribution in [-0.2, 0) is 0 Å². The van der Waals surface area contributed by atoms with Gasteiger partial charge < -0.3 is 5.32 Å². The van der Waals surface area contributed by atoms with E-state index in [4.69, 9.17) is 11.6 Å². The lowest BCUT2D eigenvalue weighted by Gasteiger charge is -2.30. The van der Waals surface area contributed by atoms with Gasteiger partial charge in [0, 0.05) is 17.8 Å². The smallest absolute Gasteiger partial charge is 0.263 e. The van der Waals surface area contributed by atoms with Crippen LogP contribution < -0.4 is 5.32 Å². The Morgan fingerprint density at radius 1 is 1.17 bits per heavy atom. The molecule has 1 atom stereocenters. The van der Waals surface area contributed by atoms with E-state index in [1.807, 2.05) is 49.4 Å². The average Bonchev–Trinajstić information content (AvgIpc) is 3.14. The first kappa shape index (κ1) is 21.4. The lowest BCUT2D eigenvalue weighted by molar-refractivity contribution is 0.0938. The highest BCUT2D eigenvalue weighted by Crippen LogP contribution is 2.28. The molecule has 0 fully saturated rings. The SMILES string of the molecule is CCN(CC)C(CNC(=O)c1sc(-c2ccccn2)nc1C)c1ccccc1Cl. The molecule has 1 amide bonds. The average molecular weight is 429 g/mol. The van der Waals surface area contributed by atoms with Gasteiger partial charge in [0.2, 0.25) is 0 Å². The summed E-state index contributed by atoms with van der Waals surface area (Å²) < 4.78 is 0. The van der Waals surface area contributed by atoms with Crippen molar-refractivity contribution in [2.45, 2.75) is 26.8 Å². The van der Waals surface area contributed by atoms with Gasteiger partial charge in [-0.25, -0.2) is 4.98 Å². The zero-order chi connectivity index (χ0) is 20.8.